The molecule has 1 heterocycles. The van der Waals surface area contributed by atoms with Crippen molar-refractivity contribution in [3.63, 3.8) is 0 Å². The maximum atomic E-state index is 12.9. The first-order chi connectivity index (χ1) is 12.8. The van der Waals surface area contributed by atoms with Gasteiger partial charge in [-0.1, -0.05) is 30.3 Å². The third kappa shape index (κ3) is 4.74. The zero-order chi connectivity index (χ0) is 18.2. The molecular formula is C21H22N2O3. The van der Waals surface area contributed by atoms with Gasteiger partial charge in [0.15, 0.2) is 0 Å². The normalized spacial score (nSPS) is 11.7. The summed E-state index contributed by atoms with van der Waals surface area (Å²) in [6, 6.07) is 20.6. The average molecular weight is 350 g/mol. The first-order valence-electron chi connectivity index (χ1n) is 8.57. The summed E-state index contributed by atoms with van der Waals surface area (Å²) < 4.78 is 7.25. The number of aliphatic hydroxyl groups is 1. The van der Waals surface area contributed by atoms with Crippen LogP contribution in [0.15, 0.2) is 79.1 Å². The minimum Gasteiger partial charge on any atom is -0.491 e. The van der Waals surface area contributed by atoms with Crippen LogP contribution in [0.4, 0.5) is 5.69 Å². The molecular weight excluding hydrogens is 328 g/mol. The number of rotatable bonds is 8. The molecule has 0 bridgehead atoms. The van der Waals surface area contributed by atoms with Crippen molar-refractivity contribution in [2.75, 3.05) is 18.5 Å². The molecule has 0 aliphatic rings. The van der Waals surface area contributed by atoms with Crippen LogP contribution in [0.1, 0.15) is 11.6 Å². The van der Waals surface area contributed by atoms with Gasteiger partial charge >= 0.3 is 0 Å². The Kier molecular flexibility index (Phi) is 6.06. The van der Waals surface area contributed by atoms with Crippen molar-refractivity contribution in [3.05, 3.63) is 84.7 Å². The number of anilines is 1. The van der Waals surface area contributed by atoms with E-state index in [9.17, 15) is 4.79 Å². The number of hydrogen-bond acceptors (Lipinski definition) is 3. The summed E-state index contributed by atoms with van der Waals surface area (Å²) in [6.45, 7) is 0.217. The van der Waals surface area contributed by atoms with Crippen LogP contribution in [0, 0.1) is 0 Å². The summed E-state index contributed by atoms with van der Waals surface area (Å²) in [5, 5.41) is 11.8. The summed E-state index contributed by atoms with van der Waals surface area (Å²) in [4.78, 5) is 12.9. The molecule has 0 fully saturated rings. The number of carbonyl (C=O) groups is 1. The lowest BCUT2D eigenvalue weighted by Crippen LogP contribution is -2.27. The second-order valence-corrected chi connectivity index (χ2v) is 5.92. The highest BCUT2D eigenvalue weighted by Crippen LogP contribution is 2.20. The molecule has 3 aromatic rings. The summed E-state index contributed by atoms with van der Waals surface area (Å²) >= 11 is 0. The molecule has 1 amide bonds. The second kappa shape index (κ2) is 8.87. The van der Waals surface area contributed by atoms with Crippen LogP contribution < -0.4 is 10.1 Å². The van der Waals surface area contributed by atoms with Crippen molar-refractivity contribution in [2.45, 2.75) is 12.5 Å². The Labute approximate surface area is 152 Å². The molecule has 0 aliphatic carbocycles. The van der Waals surface area contributed by atoms with E-state index in [1.807, 2.05) is 59.4 Å². The Bertz CT molecular complexity index is 799. The zero-order valence-electron chi connectivity index (χ0n) is 14.4. The smallest absolute Gasteiger partial charge is 0.247 e. The fourth-order valence-corrected chi connectivity index (χ4v) is 2.75. The summed E-state index contributed by atoms with van der Waals surface area (Å²) in [7, 11) is 0. The maximum Gasteiger partial charge on any atom is 0.247 e. The molecule has 5 heteroatoms. The first-order valence-corrected chi connectivity index (χ1v) is 8.57. The van der Waals surface area contributed by atoms with Gasteiger partial charge in [0.25, 0.3) is 0 Å². The van der Waals surface area contributed by atoms with E-state index < -0.39 is 0 Å². The minimum absolute atomic E-state index is 0.0312. The van der Waals surface area contributed by atoms with Gasteiger partial charge in [-0.15, -0.1) is 0 Å². The lowest BCUT2D eigenvalue weighted by Gasteiger charge is -2.19. The topological polar surface area (TPSA) is 63.5 Å². The van der Waals surface area contributed by atoms with E-state index in [0.29, 0.717) is 17.9 Å². The minimum atomic E-state index is -0.335. The van der Waals surface area contributed by atoms with E-state index in [2.05, 4.69) is 5.32 Å². The van der Waals surface area contributed by atoms with Crippen molar-refractivity contribution in [1.29, 1.82) is 0 Å². The molecule has 2 aromatic carbocycles. The molecule has 134 valence electrons. The molecule has 0 spiro atoms. The number of aliphatic hydroxyl groups excluding tert-OH is 1. The quantitative estimate of drug-likeness (QED) is 0.655. The van der Waals surface area contributed by atoms with Crippen molar-refractivity contribution in [3.8, 4) is 5.75 Å². The van der Waals surface area contributed by atoms with Crippen molar-refractivity contribution in [1.82, 2.24) is 4.57 Å². The number of hydrogen-bond donors (Lipinski definition) is 2. The van der Waals surface area contributed by atoms with Gasteiger partial charge in [-0.2, -0.15) is 0 Å². The van der Waals surface area contributed by atoms with E-state index >= 15 is 0 Å². The van der Waals surface area contributed by atoms with Crippen LogP contribution in [0.2, 0.25) is 0 Å². The molecule has 2 N–H and O–H groups in total. The van der Waals surface area contributed by atoms with E-state index in [1.54, 1.807) is 24.3 Å². The van der Waals surface area contributed by atoms with Crippen LogP contribution in [0.25, 0.3) is 0 Å². The largest absolute Gasteiger partial charge is 0.491 e. The Morgan fingerprint density at radius 2 is 1.69 bits per heavy atom. The van der Waals surface area contributed by atoms with Gasteiger partial charge in [-0.3, -0.25) is 4.79 Å². The first kappa shape index (κ1) is 17.8. The molecule has 5 nitrogen and oxygen atoms in total. The lowest BCUT2D eigenvalue weighted by atomic mass is 10.0. The number of amides is 1. The number of nitrogens with one attached hydrogen (secondary N) is 1. The van der Waals surface area contributed by atoms with Gasteiger partial charge in [0, 0.05) is 24.5 Å². The summed E-state index contributed by atoms with van der Waals surface area (Å²) in [5.74, 6) is 0.581. The van der Waals surface area contributed by atoms with Crippen molar-refractivity contribution in [2.24, 2.45) is 0 Å². The highest BCUT2D eigenvalue weighted by molar-refractivity contribution is 5.94. The fraction of sp³-hybridized carbons (Fsp3) is 0.190. The molecule has 1 aromatic heterocycles. The maximum absolute atomic E-state index is 12.9. The van der Waals surface area contributed by atoms with Crippen molar-refractivity contribution < 1.29 is 14.6 Å². The number of aromatic nitrogens is 1. The van der Waals surface area contributed by atoms with Gasteiger partial charge in [-0.25, -0.2) is 0 Å². The third-order valence-corrected chi connectivity index (χ3v) is 4.04. The van der Waals surface area contributed by atoms with Gasteiger partial charge in [0.1, 0.15) is 18.4 Å². The Morgan fingerprint density at radius 3 is 2.35 bits per heavy atom. The van der Waals surface area contributed by atoms with Crippen LogP contribution in [0.5, 0.6) is 5.75 Å². The van der Waals surface area contributed by atoms with Gasteiger partial charge in [0.2, 0.25) is 5.91 Å². The predicted molar refractivity (Wildman–Crippen MR) is 101 cm³/mol. The molecule has 26 heavy (non-hydrogen) atoms. The lowest BCUT2D eigenvalue weighted by molar-refractivity contribution is -0.119. The van der Waals surface area contributed by atoms with Crippen LogP contribution in [-0.2, 0) is 11.2 Å². The van der Waals surface area contributed by atoms with Gasteiger partial charge in [0.05, 0.1) is 6.61 Å². The molecule has 3 rings (SSSR count). The van der Waals surface area contributed by atoms with Crippen LogP contribution in [-0.4, -0.2) is 28.8 Å². The highest BCUT2D eigenvalue weighted by atomic mass is 16.5. The van der Waals surface area contributed by atoms with Crippen LogP contribution in [0.3, 0.4) is 0 Å². The summed E-state index contributed by atoms with van der Waals surface area (Å²) in [6.07, 6.45) is 4.41. The SMILES string of the molecule is O=C(Nc1ccc(OCCO)cc1)[C@H](Cc1ccccc1)n1cccc1. The van der Waals surface area contributed by atoms with E-state index in [4.69, 9.17) is 9.84 Å². The number of ether oxygens (including phenoxy) is 1. The van der Waals surface area contributed by atoms with E-state index in [0.717, 1.165) is 5.56 Å². The molecule has 0 aliphatic heterocycles. The van der Waals surface area contributed by atoms with E-state index in [-0.39, 0.29) is 25.2 Å². The van der Waals surface area contributed by atoms with E-state index in [1.165, 1.54) is 0 Å². The zero-order valence-corrected chi connectivity index (χ0v) is 14.4. The third-order valence-electron chi connectivity index (χ3n) is 4.04. The molecule has 0 saturated carbocycles. The highest BCUT2D eigenvalue weighted by Gasteiger charge is 2.20. The number of benzene rings is 2. The van der Waals surface area contributed by atoms with Gasteiger partial charge < -0.3 is 19.7 Å². The average Bonchev–Trinajstić information content (AvgIpc) is 3.21. The fourth-order valence-electron chi connectivity index (χ4n) is 2.75. The summed E-state index contributed by atoms with van der Waals surface area (Å²) in [5.41, 5.74) is 1.81. The molecule has 0 unspecified atom stereocenters. The Morgan fingerprint density at radius 1 is 1.00 bits per heavy atom. The molecule has 0 saturated heterocycles. The molecule has 0 radical (unpaired) electrons. The molecule has 1 atom stereocenters. The number of carbonyl (C=O) groups excluding carboxylic acids is 1. The van der Waals surface area contributed by atoms with Gasteiger partial charge in [-0.05, 0) is 42.0 Å². The predicted octanol–water partition coefficient (Wildman–Crippen LogP) is 3.28. The van der Waals surface area contributed by atoms with Crippen molar-refractivity contribution >= 4 is 11.6 Å². The Balaban J connectivity index is 1.71. The van der Waals surface area contributed by atoms with Crippen LogP contribution >= 0.6 is 0 Å². The Hall–Kier alpha value is -3.05. The number of nitrogens with zero attached hydrogens (tertiary/aromatic N) is 1. The second-order valence-electron chi connectivity index (χ2n) is 5.92. The monoisotopic (exact) mass is 350 g/mol. The standard InChI is InChI=1S/C21H22N2O3/c24-14-15-26-19-10-8-18(9-11-19)22-21(25)20(23-12-4-5-13-23)16-17-6-2-1-3-7-17/h1-13,20,24H,14-16H2,(H,22,25)/t20-/m0/s1.